The normalized spacial score (nSPS) is 28.2. The van der Waals surface area contributed by atoms with Gasteiger partial charge in [0.05, 0.1) is 21.7 Å². The van der Waals surface area contributed by atoms with Crippen LogP contribution in [0.1, 0.15) is 59.3 Å². The molecule has 1 aromatic heterocycles. The lowest BCUT2D eigenvalue weighted by Crippen LogP contribution is -2.60. The average Bonchev–Trinajstić information content (AvgIpc) is 3.13. The topological polar surface area (TPSA) is 84.3 Å². The number of rotatable bonds is 9. The number of hydrogen-bond donors (Lipinski definition) is 1. The molecule has 0 spiro atoms. The highest BCUT2D eigenvalue weighted by Crippen LogP contribution is 2.55. The summed E-state index contributed by atoms with van der Waals surface area (Å²) in [4.78, 5) is 18.0. The smallest absolute Gasteiger partial charge is 0.243 e. The summed E-state index contributed by atoms with van der Waals surface area (Å²) >= 11 is 1.44. The van der Waals surface area contributed by atoms with Gasteiger partial charge in [-0.25, -0.2) is 13.4 Å². The first-order valence-electron chi connectivity index (χ1n) is 12.7. The molecular formula is C25H36N4O3S2. The number of carbonyl (C=O) groups is 1. The SMILES string of the molecule is CCN(CC)S(=O)(=O)c1ccc2c(c1)nc(SCC(=O)NC13CC4CC(CC(C4)C1)C3)n2CC. The lowest BCUT2D eigenvalue weighted by Gasteiger charge is -2.56. The molecule has 0 saturated heterocycles. The maximum atomic E-state index is 13.0. The number of nitrogens with one attached hydrogen (secondary N) is 1. The van der Waals surface area contributed by atoms with E-state index in [1.807, 2.05) is 26.8 Å². The van der Waals surface area contributed by atoms with E-state index in [-0.39, 0.29) is 16.3 Å². The summed E-state index contributed by atoms with van der Waals surface area (Å²) in [7, 11) is -3.54. The fourth-order valence-corrected chi connectivity index (χ4v) is 9.46. The first-order valence-corrected chi connectivity index (χ1v) is 15.1. The Morgan fingerprint density at radius 3 is 2.29 bits per heavy atom. The summed E-state index contributed by atoms with van der Waals surface area (Å²) in [6.45, 7) is 7.29. The van der Waals surface area contributed by atoms with Gasteiger partial charge in [0.15, 0.2) is 5.16 Å². The van der Waals surface area contributed by atoms with Crippen molar-refractivity contribution in [3.05, 3.63) is 18.2 Å². The summed E-state index contributed by atoms with van der Waals surface area (Å²) in [6.07, 6.45) is 7.51. The van der Waals surface area contributed by atoms with Crippen molar-refractivity contribution < 1.29 is 13.2 Å². The van der Waals surface area contributed by atoms with Gasteiger partial charge in [-0.05, 0) is 81.4 Å². The monoisotopic (exact) mass is 504 g/mol. The summed E-state index contributed by atoms with van der Waals surface area (Å²) in [5.74, 6) is 2.81. The Labute approximate surface area is 207 Å². The van der Waals surface area contributed by atoms with E-state index in [9.17, 15) is 13.2 Å². The number of carbonyl (C=O) groups excluding carboxylic acids is 1. The van der Waals surface area contributed by atoms with E-state index in [4.69, 9.17) is 4.98 Å². The standard InChI is InChI=1S/C25H36N4O3S2/c1-4-28(5-2)34(31,32)20-7-8-22-21(12-20)26-24(29(22)6-3)33-16-23(30)27-25-13-17-9-18(14-25)11-19(10-17)15-25/h7-8,12,17-19H,4-6,9-11,13-16H2,1-3H3,(H,27,30). The molecule has 9 heteroatoms. The second-order valence-electron chi connectivity index (χ2n) is 10.4. The Kier molecular flexibility index (Phi) is 6.48. The summed E-state index contributed by atoms with van der Waals surface area (Å²) < 4.78 is 29.4. The highest BCUT2D eigenvalue weighted by atomic mass is 32.2. The Morgan fingerprint density at radius 1 is 1.12 bits per heavy atom. The van der Waals surface area contributed by atoms with Crippen LogP contribution in [-0.2, 0) is 21.4 Å². The molecular weight excluding hydrogens is 468 g/mol. The van der Waals surface area contributed by atoms with Gasteiger partial charge < -0.3 is 9.88 Å². The van der Waals surface area contributed by atoms with Crippen LogP contribution in [0.2, 0.25) is 0 Å². The first kappa shape index (κ1) is 24.1. The number of nitrogens with zero attached hydrogens (tertiary/aromatic N) is 3. The molecule has 0 aliphatic heterocycles. The minimum Gasteiger partial charge on any atom is -0.350 e. The lowest BCUT2D eigenvalue weighted by atomic mass is 9.53. The Hall–Kier alpha value is -1.58. The van der Waals surface area contributed by atoms with Gasteiger partial charge in [0, 0.05) is 25.2 Å². The number of aromatic nitrogens is 2. The van der Waals surface area contributed by atoms with Crippen LogP contribution in [0.25, 0.3) is 11.0 Å². The molecule has 7 nitrogen and oxygen atoms in total. The number of thioether (sulfide) groups is 1. The van der Waals surface area contributed by atoms with Gasteiger partial charge in [-0.3, -0.25) is 4.79 Å². The van der Waals surface area contributed by atoms with Crippen LogP contribution in [0.5, 0.6) is 0 Å². The van der Waals surface area contributed by atoms with Crippen LogP contribution in [0.3, 0.4) is 0 Å². The predicted molar refractivity (Wildman–Crippen MR) is 135 cm³/mol. The molecule has 4 aliphatic carbocycles. The number of benzene rings is 1. The zero-order chi connectivity index (χ0) is 24.1. The molecule has 1 N–H and O–H groups in total. The second kappa shape index (κ2) is 9.13. The van der Waals surface area contributed by atoms with Crippen molar-refractivity contribution in [2.24, 2.45) is 17.8 Å². The van der Waals surface area contributed by atoms with Crippen molar-refractivity contribution in [2.45, 2.75) is 81.4 Å². The van der Waals surface area contributed by atoms with Gasteiger partial charge in [0.1, 0.15) is 0 Å². The van der Waals surface area contributed by atoms with Crippen molar-refractivity contribution >= 4 is 38.7 Å². The molecule has 4 saturated carbocycles. The highest BCUT2D eigenvalue weighted by molar-refractivity contribution is 7.99. The highest BCUT2D eigenvalue weighted by Gasteiger charge is 2.51. The fraction of sp³-hybridized carbons (Fsp3) is 0.680. The molecule has 1 heterocycles. The molecule has 1 amide bonds. The number of sulfonamides is 1. The van der Waals surface area contributed by atoms with Crippen LogP contribution in [-0.4, -0.2) is 52.6 Å². The van der Waals surface area contributed by atoms with Gasteiger partial charge in [0.2, 0.25) is 15.9 Å². The largest absolute Gasteiger partial charge is 0.350 e. The van der Waals surface area contributed by atoms with E-state index in [0.717, 1.165) is 47.7 Å². The van der Waals surface area contributed by atoms with Crippen molar-refractivity contribution in [3.8, 4) is 0 Å². The minimum absolute atomic E-state index is 0.0188. The van der Waals surface area contributed by atoms with Gasteiger partial charge in [-0.15, -0.1) is 0 Å². The summed E-state index contributed by atoms with van der Waals surface area (Å²) in [6, 6.07) is 5.16. The van der Waals surface area contributed by atoms with E-state index < -0.39 is 10.0 Å². The molecule has 6 rings (SSSR count). The van der Waals surface area contributed by atoms with E-state index in [1.54, 1.807) is 12.1 Å². The van der Waals surface area contributed by atoms with E-state index >= 15 is 0 Å². The molecule has 4 fully saturated rings. The number of aryl methyl sites for hydroxylation is 1. The third-order valence-electron chi connectivity index (χ3n) is 8.12. The minimum atomic E-state index is -3.54. The summed E-state index contributed by atoms with van der Waals surface area (Å²) in [5.41, 5.74) is 1.56. The quantitative estimate of drug-likeness (QED) is 0.516. The third-order valence-corrected chi connectivity index (χ3v) is 11.1. The average molecular weight is 505 g/mol. The molecule has 34 heavy (non-hydrogen) atoms. The zero-order valence-electron chi connectivity index (χ0n) is 20.4. The van der Waals surface area contributed by atoms with Gasteiger partial charge in [0.25, 0.3) is 0 Å². The molecule has 0 unspecified atom stereocenters. The molecule has 4 aliphatic rings. The second-order valence-corrected chi connectivity index (χ2v) is 13.3. The fourth-order valence-electron chi connectivity index (χ4n) is 7.10. The van der Waals surface area contributed by atoms with Crippen molar-refractivity contribution in [3.63, 3.8) is 0 Å². The maximum Gasteiger partial charge on any atom is 0.243 e. The van der Waals surface area contributed by atoms with Crippen LogP contribution < -0.4 is 5.32 Å². The van der Waals surface area contributed by atoms with E-state index in [2.05, 4.69) is 9.88 Å². The van der Waals surface area contributed by atoms with Crippen LogP contribution in [0.15, 0.2) is 28.3 Å². The van der Waals surface area contributed by atoms with Crippen LogP contribution in [0.4, 0.5) is 0 Å². The Bertz CT molecular complexity index is 1150. The van der Waals surface area contributed by atoms with Crippen molar-refractivity contribution in [1.82, 2.24) is 19.2 Å². The number of amides is 1. The number of hydrogen-bond acceptors (Lipinski definition) is 5. The molecule has 186 valence electrons. The van der Waals surface area contributed by atoms with Gasteiger partial charge in [-0.2, -0.15) is 4.31 Å². The lowest BCUT2D eigenvalue weighted by molar-refractivity contribution is -0.124. The third kappa shape index (κ3) is 4.28. The Balaban J connectivity index is 1.31. The van der Waals surface area contributed by atoms with Crippen LogP contribution >= 0.6 is 11.8 Å². The zero-order valence-corrected chi connectivity index (χ0v) is 22.1. The molecule has 2 aromatic rings. The van der Waals surface area contributed by atoms with E-state index in [0.29, 0.717) is 30.9 Å². The van der Waals surface area contributed by atoms with Gasteiger partial charge >= 0.3 is 0 Å². The first-order chi connectivity index (χ1) is 16.3. The number of imidazole rings is 1. The van der Waals surface area contributed by atoms with Gasteiger partial charge in [-0.1, -0.05) is 25.6 Å². The number of fused-ring (bicyclic) bond motifs is 1. The van der Waals surface area contributed by atoms with Crippen molar-refractivity contribution in [2.75, 3.05) is 18.8 Å². The summed E-state index contributed by atoms with van der Waals surface area (Å²) in [5, 5.41) is 4.20. The Morgan fingerprint density at radius 2 is 1.74 bits per heavy atom. The van der Waals surface area contributed by atoms with Crippen LogP contribution in [0, 0.1) is 17.8 Å². The maximum absolute atomic E-state index is 13.0. The van der Waals surface area contributed by atoms with E-state index in [1.165, 1.54) is 35.3 Å². The molecule has 4 bridgehead atoms. The predicted octanol–water partition coefficient (Wildman–Crippen LogP) is 4.26. The molecule has 1 aromatic carbocycles. The van der Waals surface area contributed by atoms with Crippen molar-refractivity contribution in [1.29, 1.82) is 0 Å². The molecule has 0 radical (unpaired) electrons. The molecule has 0 atom stereocenters.